The largest absolute Gasteiger partial charge is 0.350 e. The van der Waals surface area contributed by atoms with Crippen LogP contribution in [0.2, 0.25) is 0 Å². The number of aryl methyl sites for hydroxylation is 1. The van der Waals surface area contributed by atoms with Crippen LogP contribution < -0.4 is 9.62 Å². The highest BCUT2D eigenvalue weighted by Gasteiger charge is 2.34. The number of amides is 2. The number of nitrogens with one attached hydrogen (secondary N) is 1. The number of carbonyl (C=O) groups is 2. The molecule has 0 spiro atoms. The topological polar surface area (TPSA) is 86.8 Å². The lowest BCUT2D eigenvalue weighted by molar-refractivity contribution is -0.141. The minimum Gasteiger partial charge on any atom is -0.350 e. The molecule has 3 aromatic rings. The minimum absolute atomic E-state index is 0.0725. The van der Waals surface area contributed by atoms with Gasteiger partial charge >= 0.3 is 0 Å². The molecular formula is C30H36BrN3O4S. The van der Waals surface area contributed by atoms with Gasteiger partial charge in [-0.25, -0.2) is 8.42 Å². The maximum Gasteiger partial charge on any atom is 0.264 e. The number of rotatable bonds is 10. The van der Waals surface area contributed by atoms with Gasteiger partial charge in [-0.15, -0.1) is 0 Å². The molecule has 7 nitrogen and oxygen atoms in total. The first kappa shape index (κ1) is 30.4. The predicted octanol–water partition coefficient (Wildman–Crippen LogP) is 5.67. The molecular weight excluding hydrogens is 578 g/mol. The fourth-order valence-corrected chi connectivity index (χ4v) is 5.82. The summed E-state index contributed by atoms with van der Waals surface area (Å²) in [7, 11) is -4.09. The van der Waals surface area contributed by atoms with E-state index < -0.39 is 34.1 Å². The Morgan fingerprint density at radius 2 is 1.51 bits per heavy atom. The normalized spacial score (nSPS) is 12.5. The Morgan fingerprint density at radius 3 is 2.05 bits per heavy atom. The summed E-state index contributed by atoms with van der Waals surface area (Å²) in [6, 6.07) is 21.7. The molecule has 0 saturated heterocycles. The van der Waals surface area contributed by atoms with Crippen LogP contribution in [-0.4, -0.2) is 43.3 Å². The standard InChI is InChI=1S/C30H36BrN3O4S/c1-6-27(29(36)32-30(3,4)5)33(20-23-14-12-22(2)13-15-23)28(35)21-34(25-18-16-24(31)17-19-25)39(37,38)26-10-8-7-9-11-26/h7-19,27H,6,20-21H2,1-5H3,(H,32,36)/t27-/m1/s1. The zero-order chi connectivity index (χ0) is 28.8. The quantitative estimate of drug-likeness (QED) is 0.319. The van der Waals surface area contributed by atoms with E-state index in [0.717, 1.165) is 19.9 Å². The lowest BCUT2D eigenvalue weighted by Gasteiger charge is -2.34. The van der Waals surface area contributed by atoms with Gasteiger partial charge in [-0.3, -0.25) is 13.9 Å². The molecule has 0 aromatic heterocycles. The van der Waals surface area contributed by atoms with E-state index in [4.69, 9.17) is 0 Å². The Bertz CT molecular complexity index is 1370. The Kier molecular flexibility index (Phi) is 9.96. The van der Waals surface area contributed by atoms with Crippen LogP contribution in [0.3, 0.4) is 0 Å². The van der Waals surface area contributed by atoms with E-state index in [1.54, 1.807) is 42.5 Å². The first-order valence-corrected chi connectivity index (χ1v) is 15.1. The summed E-state index contributed by atoms with van der Waals surface area (Å²) in [5.41, 5.74) is 1.77. The number of carbonyl (C=O) groups excluding carboxylic acids is 2. The molecule has 1 atom stereocenters. The zero-order valence-corrected chi connectivity index (χ0v) is 25.4. The molecule has 0 radical (unpaired) electrons. The number of sulfonamides is 1. The second kappa shape index (κ2) is 12.8. The number of anilines is 1. The number of benzene rings is 3. The van der Waals surface area contributed by atoms with Gasteiger partial charge in [0.2, 0.25) is 11.8 Å². The molecule has 2 amide bonds. The van der Waals surface area contributed by atoms with E-state index in [0.29, 0.717) is 12.1 Å². The SMILES string of the molecule is CC[C@H](C(=O)NC(C)(C)C)N(Cc1ccc(C)cc1)C(=O)CN(c1ccc(Br)cc1)S(=O)(=O)c1ccccc1. The van der Waals surface area contributed by atoms with Gasteiger partial charge in [0, 0.05) is 16.6 Å². The highest BCUT2D eigenvalue weighted by atomic mass is 79.9. The molecule has 3 aromatic carbocycles. The molecule has 9 heteroatoms. The third-order valence-electron chi connectivity index (χ3n) is 6.08. The van der Waals surface area contributed by atoms with Crippen molar-refractivity contribution >= 4 is 43.5 Å². The zero-order valence-electron chi connectivity index (χ0n) is 23.0. The van der Waals surface area contributed by atoms with Gasteiger partial charge in [0.05, 0.1) is 10.6 Å². The monoisotopic (exact) mass is 613 g/mol. The molecule has 0 fully saturated rings. The van der Waals surface area contributed by atoms with E-state index in [-0.39, 0.29) is 17.3 Å². The molecule has 208 valence electrons. The van der Waals surface area contributed by atoms with Crippen molar-refractivity contribution in [2.24, 2.45) is 0 Å². The summed E-state index contributed by atoms with van der Waals surface area (Å²) in [5.74, 6) is -0.763. The maximum absolute atomic E-state index is 14.0. The lowest BCUT2D eigenvalue weighted by Crippen LogP contribution is -2.55. The fraction of sp³-hybridized carbons (Fsp3) is 0.333. The van der Waals surface area contributed by atoms with Crippen LogP contribution in [0.5, 0.6) is 0 Å². The van der Waals surface area contributed by atoms with Crippen LogP contribution in [0.4, 0.5) is 5.69 Å². The number of halogens is 1. The molecule has 3 rings (SSSR count). The van der Waals surface area contributed by atoms with E-state index in [1.807, 2.05) is 58.9 Å². The van der Waals surface area contributed by atoms with Crippen LogP contribution >= 0.6 is 15.9 Å². The molecule has 0 unspecified atom stereocenters. The van der Waals surface area contributed by atoms with Crippen LogP contribution in [-0.2, 0) is 26.2 Å². The average Bonchev–Trinajstić information content (AvgIpc) is 2.88. The fourth-order valence-electron chi connectivity index (χ4n) is 4.12. The van der Waals surface area contributed by atoms with Crippen molar-refractivity contribution in [3.05, 3.63) is 94.5 Å². The summed E-state index contributed by atoms with van der Waals surface area (Å²) >= 11 is 3.39. The molecule has 0 aliphatic heterocycles. The minimum atomic E-state index is -4.09. The Labute approximate surface area is 240 Å². The second-order valence-electron chi connectivity index (χ2n) is 10.5. The van der Waals surface area contributed by atoms with Crippen LogP contribution in [0, 0.1) is 6.92 Å². The average molecular weight is 615 g/mol. The van der Waals surface area contributed by atoms with Crippen molar-refractivity contribution in [3.8, 4) is 0 Å². The maximum atomic E-state index is 14.0. The van der Waals surface area contributed by atoms with Crippen LogP contribution in [0.15, 0.2) is 88.2 Å². The van der Waals surface area contributed by atoms with Crippen LogP contribution in [0.1, 0.15) is 45.2 Å². The molecule has 0 saturated carbocycles. The third kappa shape index (κ3) is 8.16. The van der Waals surface area contributed by atoms with Gasteiger partial charge in [-0.1, -0.05) is 70.9 Å². The van der Waals surface area contributed by atoms with Crippen molar-refractivity contribution in [2.45, 2.75) is 64.1 Å². The Morgan fingerprint density at radius 1 is 0.923 bits per heavy atom. The van der Waals surface area contributed by atoms with E-state index in [2.05, 4.69) is 21.2 Å². The van der Waals surface area contributed by atoms with Gasteiger partial charge in [0.1, 0.15) is 12.6 Å². The van der Waals surface area contributed by atoms with E-state index in [1.165, 1.54) is 17.0 Å². The van der Waals surface area contributed by atoms with Gasteiger partial charge in [-0.2, -0.15) is 0 Å². The summed E-state index contributed by atoms with van der Waals surface area (Å²) in [5, 5.41) is 2.98. The molecule has 0 aliphatic rings. The molecule has 0 heterocycles. The van der Waals surface area contributed by atoms with E-state index in [9.17, 15) is 18.0 Å². The molecule has 0 bridgehead atoms. The first-order valence-electron chi connectivity index (χ1n) is 12.8. The first-order chi connectivity index (χ1) is 18.3. The van der Waals surface area contributed by atoms with Gasteiger partial charge < -0.3 is 10.2 Å². The second-order valence-corrected chi connectivity index (χ2v) is 13.2. The van der Waals surface area contributed by atoms with Crippen molar-refractivity contribution in [1.29, 1.82) is 0 Å². The van der Waals surface area contributed by atoms with Crippen LogP contribution in [0.25, 0.3) is 0 Å². The molecule has 0 aliphatic carbocycles. The third-order valence-corrected chi connectivity index (χ3v) is 8.40. The Balaban J connectivity index is 2.05. The summed E-state index contributed by atoms with van der Waals surface area (Å²) in [4.78, 5) is 29.0. The van der Waals surface area contributed by atoms with Crippen molar-refractivity contribution in [1.82, 2.24) is 10.2 Å². The summed E-state index contributed by atoms with van der Waals surface area (Å²) in [6.07, 6.45) is 0.364. The Hall–Kier alpha value is -3.17. The number of hydrogen-bond donors (Lipinski definition) is 1. The summed E-state index contributed by atoms with van der Waals surface area (Å²) < 4.78 is 29.5. The summed E-state index contributed by atoms with van der Waals surface area (Å²) in [6.45, 7) is 9.15. The van der Waals surface area contributed by atoms with Gasteiger partial charge in [-0.05, 0) is 76.1 Å². The number of nitrogens with zero attached hydrogens (tertiary/aromatic N) is 2. The molecule has 1 N–H and O–H groups in total. The van der Waals surface area contributed by atoms with Crippen molar-refractivity contribution < 1.29 is 18.0 Å². The van der Waals surface area contributed by atoms with Gasteiger partial charge in [0.25, 0.3) is 10.0 Å². The van der Waals surface area contributed by atoms with Crippen molar-refractivity contribution in [3.63, 3.8) is 0 Å². The highest BCUT2D eigenvalue weighted by Crippen LogP contribution is 2.26. The van der Waals surface area contributed by atoms with E-state index >= 15 is 0 Å². The predicted molar refractivity (Wildman–Crippen MR) is 159 cm³/mol. The van der Waals surface area contributed by atoms with Crippen molar-refractivity contribution in [2.75, 3.05) is 10.8 Å². The lowest BCUT2D eigenvalue weighted by atomic mass is 10.1. The number of hydrogen-bond acceptors (Lipinski definition) is 4. The smallest absolute Gasteiger partial charge is 0.264 e. The molecule has 39 heavy (non-hydrogen) atoms. The van der Waals surface area contributed by atoms with Gasteiger partial charge in [0.15, 0.2) is 0 Å². The highest BCUT2D eigenvalue weighted by molar-refractivity contribution is 9.10.